The van der Waals surface area contributed by atoms with Gasteiger partial charge in [0.15, 0.2) is 5.11 Å². The molecule has 1 aliphatic rings. The minimum atomic E-state index is 0.00403. The van der Waals surface area contributed by atoms with Crippen molar-refractivity contribution in [3.8, 4) is 0 Å². The Balaban J connectivity index is 2.08. The van der Waals surface area contributed by atoms with E-state index in [1.165, 1.54) is 0 Å². The molecule has 1 aromatic rings. The Morgan fingerprint density at radius 1 is 1.37 bits per heavy atom. The molecule has 0 atom stereocenters. The first-order valence-electron chi connectivity index (χ1n) is 6.76. The third kappa shape index (κ3) is 3.77. The molecule has 1 saturated carbocycles. The summed E-state index contributed by atoms with van der Waals surface area (Å²) in [6, 6.07) is 9.62. The van der Waals surface area contributed by atoms with Crippen molar-refractivity contribution in [3.05, 3.63) is 35.9 Å². The Morgan fingerprint density at radius 3 is 2.53 bits per heavy atom. The topological polar surface area (TPSA) is 32.3 Å². The summed E-state index contributed by atoms with van der Waals surface area (Å²) in [4.78, 5) is 14.3. The molecule has 0 radical (unpaired) electrons. The highest BCUT2D eigenvalue weighted by molar-refractivity contribution is 7.80. The van der Waals surface area contributed by atoms with E-state index >= 15 is 0 Å². The molecule has 0 heterocycles. The standard InChI is InChI=1S/C15H20N2OS/c1-11(2)10-16-15(19)17(13-8-9-13)14(18)12-6-4-3-5-7-12/h3-7,11,13H,8-10H2,1-2H3,(H,16,19). The predicted octanol–water partition coefficient (Wildman–Crippen LogP) is 2.82. The van der Waals surface area contributed by atoms with Gasteiger partial charge < -0.3 is 5.32 Å². The molecular weight excluding hydrogens is 256 g/mol. The summed E-state index contributed by atoms with van der Waals surface area (Å²) in [5.74, 6) is 0.509. The summed E-state index contributed by atoms with van der Waals surface area (Å²) in [6.07, 6.45) is 2.09. The summed E-state index contributed by atoms with van der Waals surface area (Å²) in [6.45, 7) is 5.04. The van der Waals surface area contributed by atoms with Crippen LogP contribution < -0.4 is 5.32 Å². The Labute approximate surface area is 120 Å². The number of hydrogen-bond acceptors (Lipinski definition) is 2. The maximum atomic E-state index is 12.5. The van der Waals surface area contributed by atoms with E-state index in [4.69, 9.17) is 12.2 Å². The number of benzene rings is 1. The molecule has 3 nitrogen and oxygen atoms in total. The summed E-state index contributed by atoms with van der Waals surface area (Å²) >= 11 is 5.38. The largest absolute Gasteiger partial charge is 0.362 e. The van der Waals surface area contributed by atoms with E-state index < -0.39 is 0 Å². The lowest BCUT2D eigenvalue weighted by Gasteiger charge is -2.24. The van der Waals surface area contributed by atoms with E-state index in [1.807, 2.05) is 30.3 Å². The maximum Gasteiger partial charge on any atom is 0.260 e. The molecule has 1 aromatic carbocycles. The fourth-order valence-electron chi connectivity index (χ4n) is 1.85. The van der Waals surface area contributed by atoms with Crippen LogP contribution >= 0.6 is 12.2 Å². The zero-order valence-electron chi connectivity index (χ0n) is 11.4. The van der Waals surface area contributed by atoms with Gasteiger partial charge in [-0.1, -0.05) is 32.0 Å². The zero-order valence-corrected chi connectivity index (χ0v) is 12.2. The van der Waals surface area contributed by atoms with Gasteiger partial charge in [-0.05, 0) is 43.1 Å². The van der Waals surface area contributed by atoms with Crippen LogP contribution in [-0.4, -0.2) is 28.5 Å². The first-order valence-corrected chi connectivity index (χ1v) is 7.17. The third-order valence-electron chi connectivity index (χ3n) is 3.03. The van der Waals surface area contributed by atoms with Gasteiger partial charge in [-0.2, -0.15) is 0 Å². The van der Waals surface area contributed by atoms with Gasteiger partial charge in [-0.3, -0.25) is 9.69 Å². The average molecular weight is 276 g/mol. The van der Waals surface area contributed by atoms with Crippen LogP contribution in [0.25, 0.3) is 0 Å². The minimum absolute atomic E-state index is 0.00403. The van der Waals surface area contributed by atoms with E-state index in [2.05, 4.69) is 19.2 Å². The van der Waals surface area contributed by atoms with Gasteiger partial charge in [0.25, 0.3) is 5.91 Å². The Bertz CT molecular complexity index is 454. The number of nitrogens with zero attached hydrogens (tertiary/aromatic N) is 1. The fourth-order valence-corrected chi connectivity index (χ4v) is 2.17. The highest BCUT2D eigenvalue weighted by atomic mass is 32.1. The fraction of sp³-hybridized carbons (Fsp3) is 0.467. The summed E-state index contributed by atoms with van der Waals surface area (Å²) in [5, 5.41) is 3.75. The van der Waals surface area contributed by atoms with Gasteiger partial charge in [0.1, 0.15) is 0 Å². The van der Waals surface area contributed by atoms with Crippen molar-refractivity contribution in [2.24, 2.45) is 5.92 Å². The molecule has 0 spiro atoms. The highest BCUT2D eigenvalue weighted by Gasteiger charge is 2.35. The van der Waals surface area contributed by atoms with Crippen molar-refractivity contribution < 1.29 is 4.79 Å². The lowest BCUT2D eigenvalue weighted by atomic mass is 10.2. The predicted molar refractivity (Wildman–Crippen MR) is 81.1 cm³/mol. The Morgan fingerprint density at radius 2 is 2.00 bits per heavy atom. The molecule has 4 heteroatoms. The van der Waals surface area contributed by atoms with Crippen LogP contribution in [0.2, 0.25) is 0 Å². The number of nitrogens with one attached hydrogen (secondary N) is 1. The first kappa shape index (κ1) is 14.0. The quantitative estimate of drug-likeness (QED) is 0.858. The molecule has 102 valence electrons. The van der Waals surface area contributed by atoms with Crippen LogP contribution in [-0.2, 0) is 0 Å². The van der Waals surface area contributed by atoms with E-state index in [0.29, 0.717) is 16.6 Å². The first-order chi connectivity index (χ1) is 9.09. The minimum Gasteiger partial charge on any atom is -0.362 e. The van der Waals surface area contributed by atoms with Gasteiger partial charge in [-0.15, -0.1) is 0 Å². The Hall–Kier alpha value is -1.42. The van der Waals surface area contributed by atoms with Crippen LogP contribution in [0.4, 0.5) is 0 Å². The summed E-state index contributed by atoms with van der Waals surface area (Å²) in [7, 11) is 0. The summed E-state index contributed by atoms with van der Waals surface area (Å²) < 4.78 is 0. The van der Waals surface area contributed by atoms with Gasteiger partial charge in [0.2, 0.25) is 0 Å². The van der Waals surface area contributed by atoms with E-state index in [-0.39, 0.29) is 11.9 Å². The van der Waals surface area contributed by atoms with Crippen molar-refractivity contribution in [3.63, 3.8) is 0 Å². The molecule has 0 aromatic heterocycles. The monoisotopic (exact) mass is 276 g/mol. The number of thiocarbonyl (C=S) groups is 1. The molecule has 0 bridgehead atoms. The number of carbonyl (C=O) groups excluding carboxylic acids is 1. The maximum absolute atomic E-state index is 12.5. The molecule has 19 heavy (non-hydrogen) atoms. The van der Waals surface area contributed by atoms with Gasteiger partial charge >= 0.3 is 0 Å². The molecule has 1 aliphatic carbocycles. The lowest BCUT2D eigenvalue weighted by Crippen LogP contribution is -2.46. The second-order valence-corrected chi connectivity index (χ2v) is 5.74. The molecule has 1 N–H and O–H groups in total. The number of hydrogen-bond donors (Lipinski definition) is 1. The highest BCUT2D eigenvalue weighted by Crippen LogP contribution is 2.28. The van der Waals surface area contributed by atoms with Crippen LogP contribution in [0, 0.1) is 5.92 Å². The third-order valence-corrected chi connectivity index (χ3v) is 3.37. The average Bonchev–Trinajstić information content (AvgIpc) is 3.22. The smallest absolute Gasteiger partial charge is 0.260 e. The van der Waals surface area contributed by atoms with Gasteiger partial charge in [-0.25, -0.2) is 0 Å². The second kappa shape index (κ2) is 6.15. The molecule has 1 amide bonds. The van der Waals surface area contributed by atoms with Crippen molar-refractivity contribution in [2.75, 3.05) is 6.54 Å². The molecule has 0 aliphatic heterocycles. The molecular formula is C15H20N2OS. The van der Waals surface area contributed by atoms with Crippen LogP contribution in [0.5, 0.6) is 0 Å². The normalized spacial score (nSPS) is 14.3. The van der Waals surface area contributed by atoms with E-state index in [9.17, 15) is 4.79 Å². The summed E-state index contributed by atoms with van der Waals surface area (Å²) in [5.41, 5.74) is 0.697. The zero-order chi connectivity index (χ0) is 13.8. The van der Waals surface area contributed by atoms with Crippen molar-refractivity contribution in [1.82, 2.24) is 10.2 Å². The van der Waals surface area contributed by atoms with Gasteiger partial charge in [0, 0.05) is 18.2 Å². The van der Waals surface area contributed by atoms with E-state index in [1.54, 1.807) is 4.90 Å². The van der Waals surface area contributed by atoms with Crippen LogP contribution in [0.1, 0.15) is 37.0 Å². The van der Waals surface area contributed by atoms with Crippen molar-refractivity contribution in [1.29, 1.82) is 0 Å². The Kier molecular flexibility index (Phi) is 4.53. The number of carbonyl (C=O) groups is 1. The molecule has 0 unspecified atom stereocenters. The molecule has 0 saturated heterocycles. The molecule has 2 rings (SSSR count). The van der Waals surface area contributed by atoms with Gasteiger partial charge in [0.05, 0.1) is 0 Å². The number of rotatable bonds is 4. The SMILES string of the molecule is CC(C)CNC(=S)N(C(=O)c1ccccc1)C1CC1. The lowest BCUT2D eigenvalue weighted by molar-refractivity contribution is 0.0838. The van der Waals surface area contributed by atoms with E-state index in [0.717, 1.165) is 19.4 Å². The van der Waals surface area contributed by atoms with Crippen LogP contribution in [0.3, 0.4) is 0 Å². The van der Waals surface area contributed by atoms with Crippen LogP contribution in [0.15, 0.2) is 30.3 Å². The van der Waals surface area contributed by atoms with Crippen molar-refractivity contribution >= 4 is 23.2 Å². The molecule has 1 fully saturated rings. The van der Waals surface area contributed by atoms with Crippen molar-refractivity contribution in [2.45, 2.75) is 32.7 Å². The number of amides is 1. The second-order valence-electron chi connectivity index (χ2n) is 5.35.